The molecule has 0 radical (unpaired) electrons. The summed E-state index contributed by atoms with van der Waals surface area (Å²) in [6.07, 6.45) is -3.08. The second kappa shape index (κ2) is 18.3. The summed E-state index contributed by atoms with van der Waals surface area (Å²) in [5.41, 5.74) is 0.360. The average Bonchev–Trinajstić information content (AvgIpc) is 3.15. The molecular formula is C41H48F3N5O6. The Morgan fingerprint density at radius 3 is 2.36 bits per heavy atom. The SMILES string of the molecule is C[C@@H]1CCCCO[C@@H](CN(C)C(=O)Nc2cccc3ccccc23)[C@@H](C)CN([C@@H](C)CO)C(=O)c2cc(NC(=O)Nc3ccc(C(F)(F)F)cc3)ccc2O1. The highest BCUT2D eigenvalue weighted by Gasteiger charge is 2.32. The molecule has 4 atom stereocenters. The van der Waals surface area contributed by atoms with Gasteiger partial charge in [-0.1, -0.05) is 43.3 Å². The highest BCUT2D eigenvalue weighted by atomic mass is 19.4. The first-order valence-electron chi connectivity index (χ1n) is 18.3. The molecular weight excluding hydrogens is 715 g/mol. The molecule has 5 rings (SSSR count). The molecule has 5 amide bonds. The van der Waals surface area contributed by atoms with Crippen molar-refractivity contribution < 1.29 is 42.1 Å². The number of aliphatic hydroxyl groups excluding tert-OH is 1. The summed E-state index contributed by atoms with van der Waals surface area (Å²) in [5, 5.41) is 20.4. The second-order valence-electron chi connectivity index (χ2n) is 14.0. The Morgan fingerprint density at radius 1 is 0.945 bits per heavy atom. The number of fused-ring (bicyclic) bond motifs is 2. The summed E-state index contributed by atoms with van der Waals surface area (Å²) in [6, 6.07) is 20.5. The second-order valence-corrected chi connectivity index (χ2v) is 14.0. The van der Waals surface area contributed by atoms with Crippen molar-refractivity contribution in [2.45, 2.75) is 64.5 Å². The highest BCUT2D eigenvalue weighted by Crippen LogP contribution is 2.31. The van der Waals surface area contributed by atoms with E-state index in [4.69, 9.17) is 9.47 Å². The molecule has 0 spiro atoms. The lowest BCUT2D eigenvalue weighted by Gasteiger charge is -2.35. The average molecular weight is 764 g/mol. The van der Waals surface area contributed by atoms with Crippen LogP contribution in [0.3, 0.4) is 0 Å². The van der Waals surface area contributed by atoms with Crippen molar-refractivity contribution >= 4 is 45.8 Å². The Balaban J connectivity index is 1.35. The number of hydrogen-bond donors (Lipinski definition) is 4. The van der Waals surface area contributed by atoms with Crippen molar-refractivity contribution in [1.82, 2.24) is 9.80 Å². The molecule has 4 N–H and O–H groups in total. The first-order chi connectivity index (χ1) is 26.2. The Bertz CT molecular complexity index is 1940. The van der Waals surface area contributed by atoms with Gasteiger partial charge in [-0.05, 0) is 87.0 Å². The van der Waals surface area contributed by atoms with Crippen LogP contribution in [-0.2, 0) is 10.9 Å². The maximum Gasteiger partial charge on any atom is 0.416 e. The molecule has 11 nitrogen and oxygen atoms in total. The Morgan fingerprint density at radius 2 is 1.64 bits per heavy atom. The van der Waals surface area contributed by atoms with Gasteiger partial charge in [-0.25, -0.2) is 9.59 Å². The van der Waals surface area contributed by atoms with Gasteiger partial charge in [-0.3, -0.25) is 4.79 Å². The van der Waals surface area contributed by atoms with E-state index in [1.54, 1.807) is 31.0 Å². The number of rotatable bonds is 7. The number of aliphatic hydroxyl groups is 1. The van der Waals surface area contributed by atoms with Gasteiger partial charge in [-0.2, -0.15) is 13.2 Å². The Kier molecular flexibility index (Phi) is 13.6. The van der Waals surface area contributed by atoms with E-state index in [-0.39, 0.29) is 54.7 Å². The number of halogens is 3. The van der Waals surface area contributed by atoms with Gasteiger partial charge in [0.1, 0.15) is 5.75 Å². The van der Waals surface area contributed by atoms with E-state index in [1.807, 2.05) is 56.3 Å². The molecule has 0 bridgehead atoms. The summed E-state index contributed by atoms with van der Waals surface area (Å²) in [6.45, 7) is 6.03. The van der Waals surface area contributed by atoms with Gasteiger partial charge in [0.05, 0.1) is 41.7 Å². The van der Waals surface area contributed by atoms with E-state index in [2.05, 4.69) is 16.0 Å². The maximum absolute atomic E-state index is 14.4. The number of benzene rings is 4. The molecule has 14 heteroatoms. The molecule has 0 saturated heterocycles. The molecule has 55 heavy (non-hydrogen) atoms. The van der Waals surface area contributed by atoms with Gasteiger partial charge in [-0.15, -0.1) is 0 Å². The molecule has 0 saturated carbocycles. The van der Waals surface area contributed by atoms with Crippen LogP contribution in [0.15, 0.2) is 84.9 Å². The third-order valence-electron chi connectivity index (χ3n) is 9.61. The van der Waals surface area contributed by atoms with Crippen LogP contribution in [0.4, 0.5) is 39.8 Å². The van der Waals surface area contributed by atoms with Gasteiger partial charge in [0.25, 0.3) is 5.91 Å². The topological polar surface area (TPSA) is 132 Å². The lowest BCUT2D eigenvalue weighted by Crippen LogP contribution is -2.48. The number of amides is 5. The van der Waals surface area contributed by atoms with E-state index < -0.39 is 35.8 Å². The minimum atomic E-state index is -4.51. The minimum Gasteiger partial charge on any atom is -0.490 e. The summed E-state index contributed by atoms with van der Waals surface area (Å²) in [4.78, 5) is 43.9. The molecule has 0 fully saturated rings. The molecule has 0 unspecified atom stereocenters. The normalized spacial score (nSPS) is 19.0. The van der Waals surface area contributed by atoms with Crippen molar-refractivity contribution in [3.05, 3.63) is 96.1 Å². The van der Waals surface area contributed by atoms with Crippen molar-refractivity contribution in [2.75, 3.05) is 49.3 Å². The predicted molar refractivity (Wildman–Crippen MR) is 207 cm³/mol. The number of anilines is 3. The summed E-state index contributed by atoms with van der Waals surface area (Å²) < 4.78 is 51.6. The van der Waals surface area contributed by atoms with Gasteiger partial charge in [0, 0.05) is 49.4 Å². The van der Waals surface area contributed by atoms with E-state index >= 15 is 0 Å². The number of nitrogens with zero attached hydrogens (tertiary/aromatic N) is 2. The fourth-order valence-electron chi connectivity index (χ4n) is 6.40. The maximum atomic E-state index is 14.4. The van der Waals surface area contributed by atoms with E-state index in [0.717, 1.165) is 47.9 Å². The minimum absolute atomic E-state index is 0.141. The van der Waals surface area contributed by atoms with Crippen molar-refractivity contribution in [2.24, 2.45) is 5.92 Å². The molecule has 294 valence electrons. The number of likely N-dealkylation sites (N-methyl/N-ethyl adjacent to an activating group) is 1. The molecule has 4 aromatic carbocycles. The summed E-state index contributed by atoms with van der Waals surface area (Å²) in [5.74, 6) is -0.461. The van der Waals surface area contributed by atoms with Crippen LogP contribution < -0.4 is 20.7 Å². The molecule has 1 aliphatic heterocycles. The van der Waals surface area contributed by atoms with Crippen LogP contribution in [0.2, 0.25) is 0 Å². The largest absolute Gasteiger partial charge is 0.490 e. The van der Waals surface area contributed by atoms with E-state index in [0.29, 0.717) is 24.5 Å². The van der Waals surface area contributed by atoms with E-state index in [9.17, 15) is 32.7 Å². The van der Waals surface area contributed by atoms with Crippen LogP contribution in [0, 0.1) is 5.92 Å². The molecule has 0 aromatic heterocycles. The van der Waals surface area contributed by atoms with Crippen molar-refractivity contribution in [3.8, 4) is 5.75 Å². The Labute approximate surface area is 318 Å². The first-order valence-corrected chi connectivity index (χ1v) is 18.3. The highest BCUT2D eigenvalue weighted by molar-refractivity contribution is 6.03. The number of alkyl halides is 3. The number of nitrogens with one attached hydrogen (secondary N) is 3. The summed E-state index contributed by atoms with van der Waals surface area (Å²) >= 11 is 0. The smallest absolute Gasteiger partial charge is 0.416 e. The van der Waals surface area contributed by atoms with Gasteiger partial charge in [0.2, 0.25) is 0 Å². The predicted octanol–water partition coefficient (Wildman–Crippen LogP) is 8.46. The van der Waals surface area contributed by atoms with Crippen molar-refractivity contribution in [3.63, 3.8) is 0 Å². The van der Waals surface area contributed by atoms with Gasteiger partial charge in [0.15, 0.2) is 0 Å². The van der Waals surface area contributed by atoms with Gasteiger partial charge >= 0.3 is 18.2 Å². The molecule has 0 aliphatic carbocycles. The molecule has 1 heterocycles. The zero-order valence-corrected chi connectivity index (χ0v) is 31.4. The monoisotopic (exact) mass is 763 g/mol. The standard InChI is InChI=1S/C41H48F3N5O6/c1-26-23-49(27(2)25-50)38(51)34-22-32(46-39(52)45-31-17-15-30(16-18-31)41(42,43)44)19-20-36(34)55-28(3)10-7-8-21-54-37(26)24-48(4)40(53)47-35-14-9-12-29-11-5-6-13-33(29)35/h5-6,9,11-20,22,26-28,37,50H,7-8,10,21,23-25H2,1-4H3,(H,47,53)(H2,45,46,52)/t26-,27-,28+,37-/m0/s1. The number of ether oxygens (including phenoxy) is 2. The summed E-state index contributed by atoms with van der Waals surface area (Å²) in [7, 11) is 1.69. The quantitative estimate of drug-likeness (QED) is 0.149. The fraction of sp³-hybridized carbons (Fsp3) is 0.390. The number of carbonyl (C=O) groups is 3. The van der Waals surface area contributed by atoms with Crippen molar-refractivity contribution in [1.29, 1.82) is 0 Å². The van der Waals surface area contributed by atoms with Gasteiger partial charge < -0.3 is 40.3 Å². The fourth-order valence-corrected chi connectivity index (χ4v) is 6.40. The lowest BCUT2D eigenvalue weighted by atomic mass is 10.0. The van der Waals surface area contributed by atoms with Crippen LogP contribution in [0.25, 0.3) is 10.8 Å². The first kappa shape index (κ1) is 40.8. The number of hydrogen-bond acceptors (Lipinski definition) is 6. The zero-order valence-electron chi connectivity index (χ0n) is 31.4. The number of carbonyl (C=O) groups excluding carboxylic acids is 3. The van der Waals surface area contributed by atoms with Crippen LogP contribution in [-0.4, -0.2) is 84.5 Å². The lowest BCUT2D eigenvalue weighted by molar-refractivity contribution is -0.137. The number of urea groups is 2. The van der Waals surface area contributed by atoms with E-state index in [1.165, 1.54) is 11.0 Å². The molecule has 1 aliphatic rings. The zero-order chi connectivity index (χ0) is 39.7. The Hall–Kier alpha value is -5.34. The van der Waals surface area contributed by atoms with Crippen LogP contribution in [0.1, 0.15) is 56.0 Å². The van der Waals surface area contributed by atoms with Crippen LogP contribution in [0.5, 0.6) is 5.75 Å². The molecule has 4 aromatic rings. The third kappa shape index (κ3) is 10.9. The van der Waals surface area contributed by atoms with Crippen LogP contribution >= 0.6 is 0 Å². The third-order valence-corrected chi connectivity index (χ3v) is 9.61.